The van der Waals surface area contributed by atoms with Crippen molar-refractivity contribution in [2.24, 2.45) is 0 Å². The summed E-state index contributed by atoms with van der Waals surface area (Å²) in [5, 5.41) is 0. The van der Waals surface area contributed by atoms with Crippen molar-refractivity contribution in [2.75, 3.05) is 25.9 Å². The van der Waals surface area contributed by atoms with Crippen LogP contribution < -0.4 is 11.4 Å². The second kappa shape index (κ2) is 13.5. The number of hydrogen-bond acceptors (Lipinski definition) is 14. The van der Waals surface area contributed by atoms with Crippen molar-refractivity contribution in [1.29, 1.82) is 0 Å². The number of anilines is 1. The molecule has 3 atom stereocenters. The topological polar surface area (TPSA) is 186 Å². The van der Waals surface area contributed by atoms with Crippen LogP contribution in [0.25, 0.3) is 0 Å². The SMILES string of the molecule is CC(C)OC(=O)OCOP(=O)(OCOC(=O)OC(C)C)OCC1C[C@H](F)[C@H](n2ccc(N)nc2=O)O1. The van der Waals surface area contributed by atoms with E-state index in [0.29, 0.717) is 0 Å². The van der Waals surface area contributed by atoms with Gasteiger partial charge in [0.2, 0.25) is 13.6 Å². The molecule has 1 fully saturated rings. The van der Waals surface area contributed by atoms with Gasteiger partial charge in [-0.1, -0.05) is 0 Å². The Kier molecular flexibility index (Phi) is 11.0. The van der Waals surface area contributed by atoms with Gasteiger partial charge in [-0.05, 0) is 33.8 Å². The normalized spacial score (nSPS) is 19.9. The fraction of sp³-hybridized carbons (Fsp3) is 0.684. The average Bonchev–Trinajstić information content (AvgIpc) is 3.11. The highest BCUT2D eigenvalue weighted by atomic mass is 31.2. The molecule has 0 radical (unpaired) electrons. The maximum Gasteiger partial charge on any atom is 0.510 e. The van der Waals surface area contributed by atoms with Gasteiger partial charge in [0, 0.05) is 12.6 Å². The maximum absolute atomic E-state index is 14.5. The Balaban J connectivity index is 1.97. The third-order valence-electron chi connectivity index (χ3n) is 4.11. The minimum absolute atomic E-state index is 0.0428. The zero-order valence-corrected chi connectivity index (χ0v) is 21.0. The molecule has 36 heavy (non-hydrogen) atoms. The standard InChI is InChI=1S/C19H29FN3O12P/c1-11(2)33-18(25)28-9-31-36(27,32-10-29-19(26)34-12(3)4)30-8-13-7-14(20)16(35-13)23-6-5-15(21)22-17(23)24/h5-6,11-14,16H,7-10H2,1-4H3,(H2,21,22,24)/t13?,14-,16+/m0/s1. The van der Waals surface area contributed by atoms with Gasteiger partial charge in [-0.3, -0.25) is 9.09 Å². The number of phosphoric acid groups is 1. The molecule has 0 aromatic carbocycles. The molecule has 0 saturated carbocycles. The fourth-order valence-corrected chi connectivity index (χ4v) is 3.63. The molecule has 2 N–H and O–H groups in total. The van der Waals surface area contributed by atoms with Gasteiger partial charge < -0.3 is 29.4 Å². The lowest BCUT2D eigenvalue weighted by atomic mass is 10.2. The van der Waals surface area contributed by atoms with Crippen LogP contribution in [0.15, 0.2) is 17.1 Å². The summed E-state index contributed by atoms with van der Waals surface area (Å²) in [4.78, 5) is 38.5. The summed E-state index contributed by atoms with van der Waals surface area (Å²) in [5.74, 6) is -0.0428. The number of ether oxygens (including phenoxy) is 5. The zero-order valence-electron chi connectivity index (χ0n) is 20.1. The zero-order chi connectivity index (χ0) is 26.9. The van der Waals surface area contributed by atoms with Gasteiger partial charge >= 0.3 is 25.8 Å². The Morgan fingerprint density at radius 3 is 2.19 bits per heavy atom. The molecule has 0 amide bonds. The highest BCUT2D eigenvalue weighted by Gasteiger charge is 2.39. The molecule has 1 aromatic rings. The Labute approximate surface area is 205 Å². The Hall–Kier alpha value is -2.78. The molecular formula is C19H29FN3O12P. The molecule has 0 spiro atoms. The van der Waals surface area contributed by atoms with Crippen molar-refractivity contribution in [3.8, 4) is 0 Å². The molecule has 1 aliphatic rings. The third-order valence-corrected chi connectivity index (χ3v) is 5.42. The molecule has 0 bridgehead atoms. The molecule has 2 heterocycles. The minimum Gasteiger partial charge on any atom is -0.432 e. The highest BCUT2D eigenvalue weighted by Crippen LogP contribution is 2.50. The van der Waals surface area contributed by atoms with Gasteiger partial charge in [0.05, 0.1) is 24.9 Å². The fourth-order valence-electron chi connectivity index (χ4n) is 2.69. The van der Waals surface area contributed by atoms with Crippen LogP contribution in [0, 0.1) is 0 Å². The van der Waals surface area contributed by atoms with E-state index in [4.69, 9.17) is 33.5 Å². The molecule has 204 valence electrons. The first kappa shape index (κ1) is 29.5. The van der Waals surface area contributed by atoms with E-state index in [2.05, 4.69) is 14.5 Å². The maximum atomic E-state index is 14.5. The molecule has 0 aliphatic carbocycles. The number of nitrogen functional groups attached to an aromatic ring is 1. The van der Waals surface area contributed by atoms with Crippen molar-refractivity contribution in [3.63, 3.8) is 0 Å². The quantitative estimate of drug-likeness (QED) is 0.231. The van der Waals surface area contributed by atoms with E-state index >= 15 is 0 Å². The Morgan fingerprint density at radius 2 is 1.69 bits per heavy atom. The number of aromatic nitrogens is 2. The van der Waals surface area contributed by atoms with Gasteiger partial charge in [-0.2, -0.15) is 4.98 Å². The van der Waals surface area contributed by atoms with Crippen molar-refractivity contribution in [3.05, 3.63) is 22.7 Å². The second-order valence-corrected chi connectivity index (χ2v) is 9.47. The summed E-state index contributed by atoms with van der Waals surface area (Å²) in [6, 6.07) is 1.30. The average molecular weight is 541 g/mol. The van der Waals surface area contributed by atoms with Crippen LogP contribution in [0.1, 0.15) is 40.3 Å². The summed E-state index contributed by atoms with van der Waals surface area (Å²) in [6.07, 6.45) is -6.16. The summed E-state index contributed by atoms with van der Waals surface area (Å²) in [7, 11) is -4.55. The highest BCUT2D eigenvalue weighted by molar-refractivity contribution is 7.48. The number of phosphoric ester groups is 1. The van der Waals surface area contributed by atoms with Crippen LogP contribution in [0.5, 0.6) is 0 Å². The predicted molar refractivity (Wildman–Crippen MR) is 117 cm³/mol. The van der Waals surface area contributed by atoms with E-state index < -0.39 is 76.7 Å². The smallest absolute Gasteiger partial charge is 0.432 e. The Bertz CT molecular complexity index is 959. The largest absolute Gasteiger partial charge is 0.510 e. The number of nitrogens with two attached hydrogens (primary N) is 1. The first-order valence-corrected chi connectivity index (χ1v) is 12.2. The van der Waals surface area contributed by atoms with E-state index in [1.807, 2.05) is 0 Å². The number of rotatable bonds is 12. The van der Waals surface area contributed by atoms with E-state index in [1.165, 1.54) is 12.3 Å². The molecule has 2 rings (SSSR count). The molecule has 17 heteroatoms. The van der Waals surface area contributed by atoms with Crippen LogP contribution in [-0.2, 0) is 41.8 Å². The molecular weight excluding hydrogens is 512 g/mol. The summed E-state index contributed by atoms with van der Waals surface area (Å²) in [6.45, 7) is 3.96. The molecule has 1 unspecified atom stereocenters. The van der Waals surface area contributed by atoms with Crippen LogP contribution in [0.4, 0.5) is 19.8 Å². The van der Waals surface area contributed by atoms with E-state index in [0.717, 1.165) is 4.57 Å². The van der Waals surface area contributed by atoms with Gasteiger partial charge in [0.25, 0.3) is 0 Å². The van der Waals surface area contributed by atoms with Gasteiger partial charge in [0.15, 0.2) is 6.23 Å². The molecule has 1 saturated heterocycles. The van der Waals surface area contributed by atoms with Crippen LogP contribution in [0.3, 0.4) is 0 Å². The number of nitrogens with zero attached hydrogens (tertiary/aromatic N) is 2. The van der Waals surface area contributed by atoms with Crippen molar-refractivity contribution in [2.45, 2.75) is 64.8 Å². The van der Waals surface area contributed by atoms with Gasteiger partial charge in [-0.25, -0.2) is 32.4 Å². The molecule has 1 aliphatic heterocycles. The van der Waals surface area contributed by atoms with E-state index in [-0.39, 0.29) is 12.2 Å². The van der Waals surface area contributed by atoms with Gasteiger partial charge in [0.1, 0.15) is 12.0 Å². The van der Waals surface area contributed by atoms with Crippen LogP contribution in [-0.4, -0.2) is 66.5 Å². The monoisotopic (exact) mass is 541 g/mol. The first-order valence-electron chi connectivity index (χ1n) is 10.7. The first-order chi connectivity index (χ1) is 16.9. The van der Waals surface area contributed by atoms with E-state index in [9.17, 15) is 23.3 Å². The molecule has 1 aromatic heterocycles. The van der Waals surface area contributed by atoms with Crippen LogP contribution in [0.2, 0.25) is 0 Å². The number of carbonyl (C=O) groups excluding carboxylic acids is 2. The number of halogens is 1. The third kappa shape index (κ3) is 9.70. The summed E-state index contributed by atoms with van der Waals surface area (Å²) < 4.78 is 67.6. The van der Waals surface area contributed by atoms with E-state index in [1.54, 1.807) is 27.7 Å². The van der Waals surface area contributed by atoms with Gasteiger partial charge in [-0.15, -0.1) is 0 Å². The lowest BCUT2D eigenvalue weighted by Gasteiger charge is -2.20. The summed E-state index contributed by atoms with van der Waals surface area (Å²) >= 11 is 0. The summed E-state index contributed by atoms with van der Waals surface area (Å²) in [5.41, 5.74) is 4.61. The minimum atomic E-state index is -4.55. The van der Waals surface area contributed by atoms with Crippen molar-refractivity contribution < 1.29 is 55.8 Å². The Morgan fingerprint density at radius 1 is 1.14 bits per heavy atom. The molecule has 15 nitrogen and oxygen atoms in total. The number of alkyl halides is 1. The second-order valence-electron chi connectivity index (χ2n) is 7.80. The van der Waals surface area contributed by atoms with Crippen molar-refractivity contribution >= 4 is 26.0 Å². The predicted octanol–water partition coefficient (Wildman–Crippen LogP) is 2.65. The lowest BCUT2D eigenvalue weighted by molar-refractivity contribution is -0.0621. The lowest BCUT2D eigenvalue weighted by Crippen LogP contribution is -2.30. The van der Waals surface area contributed by atoms with Crippen LogP contribution >= 0.6 is 7.82 Å². The number of carbonyl (C=O) groups is 2. The van der Waals surface area contributed by atoms with Crippen molar-refractivity contribution in [1.82, 2.24) is 9.55 Å². The number of hydrogen-bond donors (Lipinski definition) is 1.